The minimum atomic E-state index is -0.611. The zero-order valence-electron chi connectivity index (χ0n) is 10.5. The fourth-order valence-corrected chi connectivity index (χ4v) is 1.93. The van der Waals surface area contributed by atoms with Gasteiger partial charge in [-0.15, -0.1) is 0 Å². The second kappa shape index (κ2) is 4.60. The summed E-state index contributed by atoms with van der Waals surface area (Å²) in [5, 5.41) is 0.436. The van der Waals surface area contributed by atoms with Crippen molar-refractivity contribution in [2.75, 3.05) is 6.61 Å². The summed E-state index contributed by atoms with van der Waals surface area (Å²) in [7, 11) is 0. The van der Waals surface area contributed by atoms with Crippen LogP contribution in [0.15, 0.2) is 17.1 Å². The van der Waals surface area contributed by atoms with Gasteiger partial charge in [-0.2, -0.15) is 0 Å². The zero-order chi connectivity index (χ0) is 13.3. The van der Waals surface area contributed by atoms with E-state index in [1.54, 1.807) is 6.92 Å². The number of aromatic nitrogens is 2. The molecular weight excluding hydrogens is 232 g/mol. The van der Waals surface area contributed by atoms with Crippen LogP contribution >= 0.6 is 0 Å². The molecule has 0 amide bonds. The summed E-state index contributed by atoms with van der Waals surface area (Å²) in [6.45, 7) is 5.61. The number of hydrogen-bond donors (Lipinski definition) is 1. The topological polar surface area (TPSA) is 72.1 Å². The van der Waals surface area contributed by atoms with Crippen molar-refractivity contribution in [2.24, 2.45) is 0 Å². The van der Waals surface area contributed by atoms with E-state index in [-0.39, 0.29) is 17.6 Å². The largest absolute Gasteiger partial charge is 0.462 e. The normalized spacial score (nSPS) is 10.6. The number of ether oxygens (including phenoxy) is 1. The van der Waals surface area contributed by atoms with Crippen LogP contribution in [0.5, 0.6) is 0 Å². The molecule has 0 unspecified atom stereocenters. The van der Waals surface area contributed by atoms with Gasteiger partial charge < -0.3 is 9.72 Å². The number of aryl methyl sites for hydroxylation is 2. The Bertz CT molecular complexity index is 674. The van der Waals surface area contributed by atoms with Gasteiger partial charge in [0.15, 0.2) is 0 Å². The number of carbonyl (C=O) groups excluding carboxylic acids is 1. The second-order valence-corrected chi connectivity index (χ2v) is 4.06. The molecule has 0 spiro atoms. The average Bonchev–Trinajstić information content (AvgIpc) is 2.28. The molecule has 0 aliphatic heterocycles. The van der Waals surface area contributed by atoms with Crippen LogP contribution in [0, 0.1) is 13.8 Å². The molecule has 0 aliphatic rings. The predicted molar refractivity (Wildman–Crippen MR) is 67.8 cm³/mol. The molecule has 18 heavy (non-hydrogen) atoms. The Kier molecular flexibility index (Phi) is 3.14. The van der Waals surface area contributed by atoms with Crippen LogP contribution in [-0.4, -0.2) is 22.5 Å². The van der Waals surface area contributed by atoms with E-state index in [0.717, 1.165) is 11.3 Å². The molecule has 5 heteroatoms. The van der Waals surface area contributed by atoms with E-state index in [4.69, 9.17) is 4.74 Å². The van der Waals surface area contributed by atoms with Crippen LogP contribution in [0.4, 0.5) is 0 Å². The Labute approximate surface area is 104 Å². The minimum absolute atomic E-state index is 0.0121. The molecule has 0 bridgehead atoms. The first-order valence-corrected chi connectivity index (χ1v) is 5.71. The van der Waals surface area contributed by atoms with Crippen molar-refractivity contribution in [3.63, 3.8) is 0 Å². The lowest BCUT2D eigenvalue weighted by Crippen LogP contribution is -2.19. The zero-order valence-corrected chi connectivity index (χ0v) is 10.5. The molecule has 94 valence electrons. The average molecular weight is 246 g/mol. The number of fused-ring (bicyclic) bond motifs is 1. The third kappa shape index (κ3) is 1.99. The third-order valence-corrected chi connectivity index (χ3v) is 2.66. The molecule has 0 fully saturated rings. The number of pyridine rings is 2. The van der Waals surface area contributed by atoms with Gasteiger partial charge in [0.1, 0.15) is 11.2 Å². The van der Waals surface area contributed by atoms with E-state index in [9.17, 15) is 9.59 Å². The van der Waals surface area contributed by atoms with Crippen LogP contribution in [0.25, 0.3) is 11.0 Å². The van der Waals surface area contributed by atoms with E-state index in [0.29, 0.717) is 11.0 Å². The van der Waals surface area contributed by atoms with Gasteiger partial charge in [-0.3, -0.25) is 4.79 Å². The maximum absolute atomic E-state index is 12.2. The van der Waals surface area contributed by atoms with E-state index < -0.39 is 5.97 Å². The highest BCUT2D eigenvalue weighted by molar-refractivity contribution is 5.93. The van der Waals surface area contributed by atoms with Gasteiger partial charge in [0, 0.05) is 11.9 Å². The van der Waals surface area contributed by atoms with Crippen molar-refractivity contribution in [3.8, 4) is 0 Å². The molecule has 1 N–H and O–H groups in total. The predicted octanol–water partition coefficient (Wildman–Crippen LogP) is 1.72. The van der Waals surface area contributed by atoms with Gasteiger partial charge in [0.2, 0.25) is 5.43 Å². The number of carbonyl (C=O) groups is 1. The number of esters is 1. The fourth-order valence-electron chi connectivity index (χ4n) is 1.93. The molecule has 0 aromatic carbocycles. The number of rotatable bonds is 2. The Balaban J connectivity index is 2.72. The molecule has 2 aromatic rings. The van der Waals surface area contributed by atoms with Crippen molar-refractivity contribution in [2.45, 2.75) is 20.8 Å². The van der Waals surface area contributed by atoms with Gasteiger partial charge in [-0.25, -0.2) is 9.78 Å². The smallest absolute Gasteiger partial charge is 0.343 e. The standard InChI is InChI=1S/C13H14N2O3/c1-4-18-13(17)9-6-14-12-10(11(9)16)7(2)5-8(3)15-12/h5-6H,4H2,1-3H3,(H,14,15,16). The van der Waals surface area contributed by atoms with E-state index in [1.165, 1.54) is 6.20 Å². The minimum Gasteiger partial charge on any atom is -0.462 e. The molecule has 0 radical (unpaired) electrons. The molecular formula is C13H14N2O3. The first-order valence-electron chi connectivity index (χ1n) is 5.71. The summed E-state index contributed by atoms with van der Waals surface area (Å²) in [5.74, 6) is -0.611. The summed E-state index contributed by atoms with van der Waals surface area (Å²) >= 11 is 0. The summed E-state index contributed by atoms with van der Waals surface area (Å²) in [6, 6.07) is 1.81. The second-order valence-electron chi connectivity index (χ2n) is 4.06. The highest BCUT2D eigenvalue weighted by atomic mass is 16.5. The van der Waals surface area contributed by atoms with E-state index >= 15 is 0 Å². The lowest BCUT2D eigenvalue weighted by atomic mass is 10.1. The lowest BCUT2D eigenvalue weighted by molar-refractivity contribution is 0.0524. The van der Waals surface area contributed by atoms with Crippen molar-refractivity contribution in [1.82, 2.24) is 9.97 Å². The maximum atomic E-state index is 12.2. The van der Waals surface area contributed by atoms with Crippen LogP contribution in [-0.2, 0) is 4.74 Å². The van der Waals surface area contributed by atoms with Crippen LogP contribution in [0.2, 0.25) is 0 Å². The Morgan fingerprint density at radius 3 is 2.83 bits per heavy atom. The first-order chi connectivity index (χ1) is 8.54. The number of nitrogens with one attached hydrogen (secondary N) is 1. The lowest BCUT2D eigenvalue weighted by Gasteiger charge is -2.05. The van der Waals surface area contributed by atoms with Crippen molar-refractivity contribution < 1.29 is 9.53 Å². The highest BCUT2D eigenvalue weighted by Gasteiger charge is 2.15. The number of hydrogen-bond acceptors (Lipinski definition) is 4. The van der Waals surface area contributed by atoms with Gasteiger partial charge in [-0.1, -0.05) is 0 Å². The van der Waals surface area contributed by atoms with Crippen LogP contribution in [0.1, 0.15) is 28.5 Å². The third-order valence-electron chi connectivity index (χ3n) is 2.66. The van der Waals surface area contributed by atoms with Crippen molar-refractivity contribution >= 4 is 17.0 Å². The molecule has 5 nitrogen and oxygen atoms in total. The van der Waals surface area contributed by atoms with Crippen molar-refractivity contribution in [3.05, 3.63) is 39.3 Å². The number of aromatic amines is 1. The summed E-state index contributed by atoms with van der Waals surface area (Å²) in [5.41, 5.74) is 1.78. The van der Waals surface area contributed by atoms with Gasteiger partial charge >= 0.3 is 5.97 Å². The van der Waals surface area contributed by atoms with Gasteiger partial charge in [0.25, 0.3) is 0 Å². The SMILES string of the molecule is CCOC(=O)c1c[nH]c2nc(C)cc(C)c2c1=O. The van der Waals surface area contributed by atoms with Gasteiger partial charge in [0.05, 0.1) is 12.0 Å². The van der Waals surface area contributed by atoms with E-state index in [1.807, 2.05) is 19.9 Å². The monoisotopic (exact) mass is 246 g/mol. The first kappa shape index (κ1) is 12.3. The molecule has 0 saturated carbocycles. The molecule has 2 aromatic heterocycles. The highest BCUT2D eigenvalue weighted by Crippen LogP contribution is 2.12. The summed E-state index contributed by atoms with van der Waals surface area (Å²) in [4.78, 5) is 30.9. The number of nitrogens with zero attached hydrogens (tertiary/aromatic N) is 1. The van der Waals surface area contributed by atoms with Crippen LogP contribution in [0.3, 0.4) is 0 Å². The molecule has 2 heterocycles. The summed E-state index contributed by atoms with van der Waals surface area (Å²) < 4.78 is 4.84. The van der Waals surface area contributed by atoms with Gasteiger partial charge in [-0.05, 0) is 32.4 Å². The maximum Gasteiger partial charge on any atom is 0.343 e. The molecule has 2 rings (SSSR count). The van der Waals surface area contributed by atoms with E-state index in [2.05, 4.69) is 9.97 Å². The molecule has 0 aliphatic carbocycles. The van der Waals surface area contributed by atoms with Crippen LogP contribution < -0.4 is 5.43 Å². The Morgan fingerprint density at radius 2 is 2.17 bits per heavy atom. The summed E-state index contributed by atoms with van der Waals surface area (Å²) in [6.07, 6.45) is 1.36. The molecule has 0 atom stereocenters. The fraction of sp³-hybridized carbons (Fsp3) is 0.308. The molecule has 0 saturated heterocycles. The number of H-pyrrole nitrogens is 1. The Morgan fingerprint density at radius 1 is 1.44 bits per heavy atom. The van der Waals surface area contributed by atoms with Crippen molar-refractivity contribution in [1.29, 1.82) is 0 Å². The quantitative estimate of drug-likeness (QED) is 0.819. The Hall–Kier alpha value is -2.17.